The number of nitriles is 1. The molecule has 0 spiro atoms. The summed E-state index contributed by atoms with van der Waals surface area (Å²) in [5, 5.41) is 8.72. The van der Waals surface area contributed by atoms with E-state index in [1.807, 2.05) is 26.8 Å². The van der Waals surface area contributed by atoms with Crippen LogP contribution in [0.1, 0.15) is 49.8 Å². The zero-order valence-corrected chi connectivity index (χ0v) is 15.0. The van der Waals surface area contributed by atoms with Crippen molar-refractivity contribution < 1.29 is 35.2 Å². The summed E-state index contributed by atoms with van der Waals surface area (Å²) in [7, 11) is 0. The molecular formula is C16H16IN2O3-. The van der Waals surface area contributed by atoms with Gasteiger partial charge in [-0.2, -0.15) is 0 Å². The fraction of sp³-hybridized carbons (Fsp3) is 0.375. The quantitative estimate of drug-likeness (QED) is 0.218. The molecule has 0 bridgehead atoms. The van der Waals surface area contributed by atoms with Crippen molar-refractivity contribution >= 4 is 17.1 Å². The first kappa shape index (κ1) is 16.6. The van der Waals surface area contributed by atoms with Crippen LogP contribution in [-0.4, -0.2) is 21.0 Å². The average Bonchev–Trinajstić information content (AvgIpc) is 2.90. The third-order valence-electron chi connectivity index (χ3n) is 3.18. The van der Waals surface area contributed by atoms with Crippen molar-refractivity contribution in [3.05, 3.63) is 35.1 Å². The fourth-order valence-corrected chi connectivity index (χ4v) is 2.95. The molecule has 0 radical (unpaired) electrons. The molecule has 0 saturated heterocycles. The summed E-state index contributed by atoms with van der Waals surface area (Å²) in [4.78, 5) is 28.9. The summed E-state index contributed by atoms with van der Waals surface area (Å²) in [6.45, 7) is 7.50. The standard InChI is InChI=1S/C16H16IN2O3/c1-5-9-10(6-7-17-8-18)11-14(13(21)12(9)20)22-15(19-11)16(2,3)4/h5-6H,7H2,1-4H3/q-1/b9-5+,10-6+. The summed E-state index contributed by atoms with van der Waals surface area (Å²) in [5.74, 6) is -0.787. The van der Waals surface area contributed by atoms with E-state index in [9.17, 15) is 9.59 Å². The number of aromatic nitrogens is 1. The number of fused-ring (bicyclic) bond motifs is 1. The number of oxazole rings is 1. The van der Waals surface area contributed by atoms with Crippen molar-refractivity contribution in [1.82, 2.24) is 4.98 Å². The van der Waals surface area contributed by atoms with Gasteiger partial charge in [-0.1, -0.05) is 0 Å². The van der Waals surface area contributed by atoms with Crippen LogP contribution in [0.5, 0.6) is 0 Å². The summed E-state index contributed by atoms with van der Waals surface area (Å²) < 4.78 is 8.34. The van der Waals surface area contributed by atoms with Gasteiger partial charge in [0.2, 0.25) is 0 Å². The molecule has 0 atom stereocenters. The number of hydrogen-bond acceptors (Lipinski definition) is 5. The van der Waals surface area contributed by atoms with Gasteiger partial charge in [-0.05, 0) is 0 Å². The van der Waals surface area contributed by atoms with Crippen molar-refractivity contribution in [3.63, 3.8) is 0 Å². The van der Waals surface area contributed by atoms with E-state index in [-0.39, 0.29) is 11.2 Å². The first-order chi connectivity index (χ1) is 10.3. The Balaban J connectivity index is 2.64. The molecule has 22 heavy (non-hydrogen) atoms. The number of ketones is 2. The summed E-state index contributed by atoms with van der Waals surface area (Å²) >= 11 is -0.609. The van der Waals surface area contributed by atoms with Gasteiger partial charge in [-0.25, -0.2) is 0 Å². The Bertz CT molecular complexity index is 742. The van der Waals surface area contributed by atoms with Crippen LogP contribution in [0.4, 0.5) is 0 Å². The molecule has 5 nitrogen and oxygen atoms in total. The molecule has 0 N–H and O–H groups in total. The molecule has 6 heteroatoms. The monoisotopic (exact) mass is 411 g/mol. The SMILES string of the molecule is C/C=C1/C(=O)C(=O)c2oc(C(C)(C)C)nc2/C1=C/C[I-]C#N. The number of hydrogen-bond donors (Lipinski definition) is 0. The Morgan fingerprint density at radius 3 is 2.50 bits per heavy atom. The number of halogens is 1. The molecule has 1 heterocycles. The van der Waals surface area contributed by atoms with Crippen LogP contribution in [-0.2, 0) is 10.2 Å². The van der Waals surface area contributed by atoms with Crippen LogP contribution in [0.15, 0.2) is 22.1 Å². The predicted octanol–water partition coefficient (Wildman–Crippen LogP) is -0.363. The Hall–Kier alpha value is -1.75. The number of rotatable bonds is 2. The topological polar surface area (TPSA) is 84.0 Å². The number of nitrogens with zero attached hydrogens (tertiary/aromatic N) is 2. The first-order valence-electron chi connectivity index (χ1n) is 6.76. The molecule has 1 aliphatic rings. The van der Waals surface area contributed by atoms with Crippen molar-refractivity contribution in [1.29, 1.82) is 5.26 Å². The molecule has 1 aliphatic carbocycles. The molecule has 0 aliphatic heterocycles. The second kappa shape index (κ2) is 6.16. The van der Waals surface area contributed by atoms with Gasteiger partial charge in [0.1, 0.15) is 0 Å². The molecule has 1 aromatic heterocycles. The van der Waals surface area contributed by atoms with Gasteiger partial charge in [0.05, 0.1) is 0 Å². The molecule has 0 aromatic carbocycles. The van der Waals surface area contributed by atoms with E-state index in [2.05, 4.69) is 9.06 Å². The van der Waals surface area contributed by atoms with E-state index in [1.165, 1.54) is 0 Å². The molecule has 0 saturated carbocycles. The first-order valence-corrected chi connectivity index (χ1v) is 9.36. The number of carbonyl (C=O) groups is 2. The van der Waals surface area contributed by atoms with Crippen LogP contribution >= 0.6 is 0 Å². The molecule has 2 rings (SSSR count). The third kappa shape index (κ3) is 2.90. The molecular weight excluding hydrogens is 395 g/mol. The van der Waals surface area contributed by atoms with Gasteiger partial charge in [-0.3, -0.25) is 0 Å². The van der Waals surface area contributed by atoms with E-state index in [4.69, 9.17) is 9.68 Å². The molecule has 0 amide bonds. The van der Waals surface area contributed by atoms with E-state index < -0.39 is 32.8 Å². The van der Waals surface area contributed by atoms with E-state index in [0.717, 1.165) is 0 Å². The second-order valence-electron chi connectivity index (χ2n) is 5.80. The maximum absolute atomic E-state index is 12.2. The Morgan fingerprint density at radius 2 is 1.95 bits per heavy atom. The fourth-order valence-electron chi connectivity index (χ4n) is 2.10. The van der Waals surface area contributed by atoms with Gasteiger partial charge < -0.3 is 0 Å². The van der Waals surface area contributed by atoms with E-state index in [1.54, 1.807) is 13.0 Å². The van der Waals surface area contributed by atoms with E-state index in [0.29, 0.717) is 27.2 Å². The second-order valence-corrected chi connectivity index (χ2v) is 7.92. The van der Waals surface area contributed by atoms with Crippen LogP contribution in [0, 0.1) is 9.34 Å². The number of Topliss-reactive ketones (excluding diaryl/α,β-unsaturated/α-hetero) is 2. The van der Waals surface area contributed by atoms with Crippen molar-refractivity contribution in [2.45, 2.75) is 33.1 Å². The van der Waals surface area contributed by atoms with Crippen molar-refractivity contribution in [3.8, 4) is 4.08 Å². The van der Waals surface area contributed by atoms with Gasteiger partial charge >= 0.3 is 139 Å². The van der Waals surface area contributed by atoms with Crippen molar-refractivity contribution in [2.75, 3.05) is 4.43 Å². The molecule has 0 fully saturated rings. The number of carbonyl (C=O) groups excluding carboxylic acids is 2. The summed E-state index contributed by atoms with van der Waals surface area (Å²) in [6, 6.07) is 0. The maximum atomic E-state index is 12.2. The Morgan fingerprint density at radius 1 is 1.27 bits per heavy atom. The van der Waals surface area contributed by atoms with Crippen molar-refractivity contribution in [2.24, 2.45) is 0 Å². The van der Waals surface area contributed by atoms with Gasteiger partial charge in [0.25, 0.3) is 0 Å². The van der Waals surface area contributed by atoms with Crippen LogP contribution in [0.3, 0.4) is 0 Å². The third-order valence-corrected chi connectivity index (χ3v) is 4.40. The molecule has 1 aromatic rings. The van der Waals surface area contributed by atoms with Gasteiger partial charge in [0, 0.05) is 0 Å². The van der Waals surface area contributed by atoms with Gasteiger partial charge in [0.15, 0.2) is 0 Å². The minimum absolute atomic E-state index is 0.0157. The van der Waals surface area contributed by atoms with Crippen LogP contribution in [0.25, 0.3) is 5.57 Å². The Labute approximate surface area is 139 Å². The number of alkyl halides is 1. The Kier molecular flexibility index (Phi) is 4.66. The molecule has 0 unspecified atom stereocenters. The zero-order chi connectivity index (χ0) is 16.5. The minimum atomic E-state index is -0.654. The predicted molar refractivity (Wildman–Crippen MR) is 76.8 cm³/mol. The van der Waals surface area contributed by atoms with Crippen LogP contribution < -0.4 is 21.2 Å². The average molecular weight is 411 g/mol. The summed E-state index contributed by atoms with van der Waals surface area (Å²) in [6.07, 6.45) is 3.44. The normalized spacial score (nSPS) is 18.9. The summed E-state index contributed by atoms with van der Waals surface area (Å²) in [5.41, 5.74) is 1.01. The zero-order valence-electron chi connectivity index (χ0n) is 12.9. The van der Waals surface area contributed by atoms with Gasteiger partial charge in [-0.15, -0.1) is 0 Å². The van der Waals surface area contributed by atoms with Crippen LogP contribution in [0.2, 0.25) is 0 Å². The van der Waals surface area contributed by atoms with E-state index >= 15 is 0 Å². The molecule has 116 valence electrons. The number of allylic oxidation sites excluding steroid dienone is 4.